The number of piperidine rings is 1. The maximum atomic E-state index is 11.8. The van der Waals surface area contributed by atoms with Gasteiger partial charge in [0.25, 0.3) is 0 Å². The number of nitrogens with zero attached hydrogens (tertiary/aromatic N) is 2. The summed E-state index contributed by atoms with van der Waals surface area (Å²) in [4.78, 5) is 17.9. The topological polar surface area (TPSA) is 84.4 Å². The van der Waals surface area contributed by atoms with E-state index >= 15 is 0 Å². The highest BCUT2D eigenvalue weighted by atomic mass is 127. The summed E-state index contributed by atoms with van der Waals surface area (Å²) in [5.41, 5.74) is 1.10. The average molecular weight is 518 g/mol. The molecule has 0 aromatic heterocycles. The highest BCUT2D eigenvalue weighted by Gasteiger charge is 2.24. The number of halogens is 1. The molecule has 0 spiro atoms. The first-order valence-electron chi connectivity index (χ1n) is 9.97. The predicted octanol–water partition coefficient (Wildman–Crippen LogP) is 2.75. The highest BCUT2D eigenvalue weighted by molar-refractivity contribution is 14.0. The van der Waals surface area contributed by atoms with Crippen LogP contribution >= 0.6 is 24.0 Å². The molecule has 1 aromatic rings. The summed E-state index contributed by atoms with van der Waals surface area (Å²) in [7, 11) is 1.76. The predicted molar refractivity (Wildman–Crippen MR) is 122 cm³/mol. The molecule has 1 aromatic carbocycles. The van der Waals surface area contributed by atoms with Crippen molar-refractivity contribution in [1.29, 1.82) is 0 Å². The zero-order valence-electron chi connectivity index (χ0n) is 17.1. The monoisotopic (exact) mass is 518 g/mol. The van der Waals surface area contributed by atoms with Gasteiger partial charge >= 0.3 is 6.09 Å². The van der Waals surface area contributed by atoms with Gasteiger partial charge in [-0.3, -0.25) is 4.99 Å². The van der Waals surface area contributed by atoms with Crippen LogP contribution in [0.3, 0.4) is 0 Å². The fourth-order valence-corrected chi connectivity index (χ4v) is 3.31. The van der Waals surface area contributed by atoms with E-state index in [1.54, 1.807) is 11.9 Å². The molecule has 9 heteroatoms. The van der Waals surface area contributed by atoms with Crippen LogP contribution in [-0.2, 0) is 11.3 Å². The molecule has 29 heavy (non-hydrogen) atoms. The van der Waals surface area contributed by atoms with Crippen LogP contribution in [0.2, 0.25) is 0 Å². The normalized spacial score (nSPS) is 17.0. The summed E-state index contributed by atoms with van der Waals surface area (Å²) in [6.07, 6.45) is 2.40. The number of ether oxygens (including phenoxy) is 3. The fraction of sp³-hybridized carbons (Fsp3) is 0.600. The minimum absolute atomic E-state index is 0. The zero-order valence-corrected chi connectivity index (χ0v) is 19.4. The third-order valence-electron chi connectivity index (χ3n) is 4.86. The SMILES string of the molecule is CCOC(=O)N1CCC(NC(=NC)NCc2ccc3c(c2)OCCCO3)CC1.I. The number of benzene rings is 1. The number of rotatable bonds is 4. The van der Waals surface area contributed by atoms with E-state index in [4.69, 9.17) is 14.2 Å². The van der Waals surface area contributed by atoms with E-state index in [1.807, 2.05) is 25.1 Å². The zero-order chi connectivity index (χ0) is 19.8. The van der Waals surface area contributed by atoms with Crippen molar-refractivity contribution >= 4 is 36.0 Å². The lowest BCUT2D eigenvalue weighted by Gasteiger charge is -2.32. The molecule has 1 saturated heterocycles. The Morgan fingerprint density at radius 1 is 1.24 bits per heavy atom. The second-order valence-corrected chi connectivity index (χ2v) is 6.86. The highest BCUT2D eigenvalue weighted by Crippen LogP contribution is 2.30. The Bertz CT molecular complexity index is 693. The molecule has 0 unspecified atom stereocenters. The first-order chi connectivity index (χ1) is 13.7. The Morgan fingerprint density at radius 3 is 2.66 bits per heavy atom. The van der Waals surface area contributed by atoms with E-state index in [0.29, 0.717) is 39.5 Å². The molecule has 0 bridgehead atoms. The molecule has 1 amide bonds. The summed E-state index contributed by atoms with van der Waals surface area (Å²) in [6.45, 7) is 5.62. The van der Waals surface area contributed by atoms with Gasteiger partial charge in [-0.2, -0.15) is 0 Å². The number of fused-ring (bicyclic) bond motifs is 1. The first kappa shape index (κ1) is 23.4. The third kappa shape index (κ3) is 6.83. The summed E-state index contributed by atoms with van der Waals surface area (Å²) in [6, 6.07) is 6.28. The Morgan fingerprint density at radius 2 is 1.97 bits per heavy atom. The minimum Gasteiger partial charge on any atom is -0.490 e. The number of hydrogen-bond donors (Lipinski definition) is 2. The van der Waals surface area contributed by atoms with Crippen LogP contribution in [0.1, 0.15) is 31.7 Å². The molecule has 0 aliphatic carbocycles. The maximum absolute atomic E-state index is 11.8. The van der Waals surface area contributed by atoms with Gasteiger partial charge in [-0.25, -0.2) is 4.79 Å². The van der Waals surface area contributed by atoms with Crippen molar-refractivity contribution < 1.29 is 19.0 Å². The third-order valence-corrected chi connectivity index (χ3v) is 4.86. The molecule has 0 saturated carbocycles. The van der Waals surface area contributed by atoms with E-state index in [9.17, 15) is 4.79 Å². The molecule has 3 rings (SSSR count). The molecule has 2 aliphatic heterocycles. The van der Waals surface area contributed by atoms with Crippen molar-refractivity contribution in [3.8, 4) is 11.5 Å². The molecule has 162 valence electrons. The van der Waals surface area contributed by atoms with Gasteiger partial charge in [0, 0.05) is 39.1 Å². The standard InChI is InChI=1S/C20H30N4O4.HI/c1-3-26-20(25)24-9-7-16(8-10-24)23-19(21-2)22-14-15-5-6-17-18(13-15)28-12-4-11-27-17;/h5-6,13,16H,3-4,7-12,14H2,1-2H3,(H2,21,22,23);1H. The largest absolute Gasteiger partial charge is 0.490 e. The number of guanidine groups is 1. The van der Waals surface area contributed by atoms with Crippen molar-refractivity contribution in [3.63, 3.8) is 0 Å². The first-order valence-corrected chi connectivity index (χ1v) is 9.97. The van der Waals surface area contributed by atoms with Crippen LogP contribution in [0.25, 0.3) is 0 Å². The van der Waals surface area contributed by atoms with Gasteiger partial charge in [0.1, 0.15) is 0 Å². The maximum Gasteiger partial charge on any atom is 0.409 e. The van der Waals surface area contributed by atoms with Gasteiger partial charge in [-0.1, -0.05) is 6.07 Å². The molecule has 0 radical (unpaired) electrons. The fourth-order valence-electron chi connectivity index (χ4n) is 3.31. The molecule has 2 aliphatic rings. The van der Waals surface area contributed by atoms with Crippen molar-refractivity contribution in [3.05, 3.63) is 23.8 Å². The molecule has 1 fully saturated rings. The van der Waals surface area contributed by atoms with Crippen molar-refractivity contribution in [2.24, 2.45) is 4.99 Å². The summed E-state index contributed by atoms with van der Waals surface area (Å²) >= 11 is 0. The number of carbonyl (C=O) groups excluding carboxylic acids is 1. The smallest absolute Gasteiger partial charge is 0.409 e. The Kier molecular flexibility index (Phi) is 9.62. The summed E-state index contributed by atoms with van der Waals surface area (Å²) in [5, 5.41) is 6.79. The van der Waals surface area contributed by atoms with Gasteiger partial charge in [0.2, 0.25) is 0 Å². The summed E-state index contributed by atoms with van der Waals surface area (Å²) in [5.74, 6) is 2.35. The lowest BCUT2D eigenvalue weighted by molar-refractivity contribution is 0.0963. The lowest BCUT2D eigenvalue weighted by Crippen LogP contribution is -2.49. The van der Waals surface area contributed by atoms with Crippen LogP contribution in [0.5, 0.6) is 11.5 Å². The number of nitrogens with one attached hydrogen (secondary N) is 2. The number of likely N-dealkylation sites (tertiary alicyclic amines) is 1. The molecule has 2 N–H and O–H groups in total. The van der Waals surface area contributed by atoms with E-state index in [0.717, 1.165) is 42.3 Å². The molecular weight excluding hydrogens is 487 g/mol. The Labute approximate surface area is 189 Å². The second-order valence-electron chi connectivity index (χ2n) is 6.86. The van der Waals surface area contributed by atoms with Crippen molar-refractivity contribution in [1.82, 2.24) is 15.5 Å². The van der Waals surface area contributed by atoms with Gasteiger partial charge in [-0.15, -0.1) is 24.0 Å². The van der Waals surface area contributed by atoms with E-state index in [2.05, 4.69) is 15.6 Å². The average Bonchev–Trinajstić information content (AvgIpc) is 2.96. The summed E-state index contributed by atoms with van der Waals surface area (Å²) < 4.78 is 16.5. The number of aliphatic imine (C=N–C) groups is 1. The Hall–Kier alpha value is -1.91. The molecular formula is C20H31IN4O4. The van der Waals surface area contributed by atoms with Crippen molar-refractivity contribution in [2.45, 2.75) is 38.8 Å². The van der Waals surface area contributed by atoms with Crippen LogP contribution < -0.4 is 20.1 Å². The van der Waals surface area contributed by atoms with E-state index < -0.39 is 0 Å². The van der Waals surface area contributed by atoms with Crippen LogP contribution in [-0.4, -0.2) is 63.0 Å². The minimum atomic E-state index is -0.224. The van der Waals surface area contributed by atoms with Gasteiger partial charge in [-0.05, 0) is 37.5 Å². The molecule has 8 nitrogen and oxygen atoms in total. The lowest BCUT2D eigenvalue weighted by atomic mass is 10.1. The van der Waals surface area contributed by atoms with E-state index in [1.165, 1.54) is 0 Å². The van der Waals surface area contributed by atoms with Gasteiger partial charge < -0.3 is 29.7 Å². The number of hydrogen-bond acceptors (Lipinski definition) is 5. The van der Waals surface area contributed by atoms with Crippen LogP contribution in [0, 0.1) is 0 Å². The Balaban J connectivity index is 0.00000300. The van der Waals surface area contributed by atoms with E-state index in [-0.39, 0.29) is 36.1 Å². The van der Waals surface area contributed by atoms with Crippen LogP contribution in [0.4, 0.5) is 4.79 Å². The van der Waals surface area contributed by atoms with Gasteiger partial charge in [0.15, 0.2) is 17.5 Å². The number of carbonyl (C=O) groups is 1. The van der Waals surface area contributed by atoms with Gasteiger partial charge in [0.05, 0.1) is 19.8 Å². The molecule has 2 heterocycles. The van der Waals surface area contributed by atoms with Crippen molar-refractivity contribution in [2.75, 3.05) is 40.0 Å². The quantitative estimate of drug-likeness (QED) is 0.363. The van der Waals surface area contributed by atoms with Crippen LogP contribution in [0.15, 0.2) is 23.2 Å². The second kappa shape index (κ2) is 11.9. The molecule has 0 atom stereocenters. The number of amides is 1.